The second-order valence-corrected chi connectivity index (χ2v) is 4.16. The second-order valence-electron chi connectivity index (χ2n) is 2.26. The predicted octanol–water partition coefficient (Wildman–Crippen LogP) is 2.37. The van der Waals surface area contributed by atoms with Crippen LogP contribution in [-0.4, -0.2) is 18.1 Å². The summed E-state index contributed by atoms with van der Waals surface area (Å²) in [4.78, 5) is 11.5. The minimum Gasteiger partial charge on any atom is -0.478 e. The molecule has 0 aromatic heterocycles. The molecule has 0 aliphatic heterocycles. The number of carboxylic acids is 1. The van der Waals surface area contributed by atoms with Crippen LogP contribution in [0.1, 0.15) is 10.4 Å². The quantitative estimate of drug-likeness (QED) is 0.821. The van der Waals surface area contributed by atoms with Gasteiger partial charge in [-0.05, 0) is 53.1 Å². The molecule has 0 bridgehead atoms. The molecular formula is C8H8BrNO2S. The van der Waals surface area contributed by atoms with E-state index in [4.69, 9.17) is 5.11 Å². The number of hydrogen-bond acceptors (Lipinski definition) is 3. The molecule has 70 valence electrons. The van der Waals surface area contributed by atoms with Crippen molar-refractivity contribution in [2.45, 2.75) is 4.90 Å². The number of carboxylic acid groups (broad SMARTS) is 1. The predicted molar refractivity (Wildman–Crippen MR) is 56.0 cm³/mol. The fourth-order valence-corrected chi connectivity index (χ4v) is 1.89. The van der Waals surface area contributed by atoms with Crippen LogP contribution in [0.2, 0.25) is 0 Å². The summed E-state index contributed by atoms with van der Waals surface area (Å²) in [6.45, 7) is 0. The van der Waals surface area contributed by atoms with Crippen molar-refractivity contribution in [3.05, 3.63) is 28.2 Å². The highest BCUT2D eigenvalue weighted by Gasteiger charge is 2.06. The summed E-state index contributed by atoms with van der Waals surface area (Å²) < 4.78 is 3.77. The Kier molecular flexibility index (Phi) is 3.77. The lowest BCUT2D eigenvalue weighted by atomic mass is 10.2. The number of rotatable bonds is 3. The summed E-state index contributed by atoms with van der Waals surface area (Å²) in [5.74, 6) is -0.912. The average Bonchev–Trinajstić information content (AvgIpc) is 2.08. The maximum atomic E-state index is 10.6. The van der Waals surface area contributed by atoms with Gasteiger partial charge in [0.15, 0.2) is 0 Å². The fourth-order valence-electron chi connectivity index (χ4n) is 0.825. The summed E-state index contributed by atoms with van der Waals surface area (Å²) >= 11 is 4.70. The first-order valence-corrected chi connectivity index (χ1v) is 5.12. The first kappa shape index (κ1) is 10.6. The van der Waals surface area contributed by atoms with Gasteiger partial charge in [0, 0.05) is 9.37 Å². The highest BCUT2D eigenvalue weighted by Crippen LogP contribution is 2.26. The first-order chi connectivity index (χ1) is 6.15. The van der Waals surface area contributed by atoms with E-state index in [0.29, 0.717) is 5.56 Å². The number of hydrogen-bond donors (Lipinski definition) is 2. The van der Waals surface area contributed by atoms with E-state index in [1.54, 1.807) is 25.2 Å². The molecule has 0 fully saturated rings. The smallest absolute Gasteiger partial charge is 0.335 e. The maximum absolute atomic E-state index is 10.6. The van der Waals surface area contributed by atoms with Gasteiger partial charge in [-0.1, -0.05) is 0 Å². The molecule has 0 radical (unpaired) electrons. The third kappa shape index (κ3) is 2.72. The van der Waals surface area contributed by atoms with Crippen LogP contribution >= 0.6 is 27.9 Å². The van der Waals surface area contributed by atoms with Gasteiger partial charge in [-0.15, -0.1) is 0 Å². The molecule has 1 aromatic rings. The minimum atomic E-state index is -0.912. The lowest BCUT2D eigenvalue weighted by Crippen LogP contribution is -1.98. The molecule has 3 nitrogen and oxygen atoms in total. The highest BCUT2D eigenvalue weighted by atomic mass is 79.9. The topological polar surface area (TPSA) is 49.3 Å². The summed E-state index contributed by atoms with van der Waals surface area (Å²) in [5, 5.41) is 8.72. The molecule has 0 amide bonds. The molecule has 1 aromatic carbocycles. The zero-order chi connectivity index (χ0) is 9.84. The molecule has 0 aliphatic rings. The van der Waals surface area contributed by atoms with Gasteiger partial charge in [-0.25, -0.2) is 4.79 Å². The number of halogens is 1. The number of nitrogens with one attached hydrogen (secondary N) is 1. The van der Waals surface area contributed by atoms with Crippen LogP contribution in [-0.2, 0) is 0 Å². The van der Waals surface area contributed by atoms with Crippen molar-refractivity contribution in [1.82, 2.24) is 4.72 Å². The van der Waals surface area contributed by atoms with E-state index in [9.17, 15) is 4.79 Å². The van der Waals surface area contributed by atoms with Gasteiger partial charge in [-0.2, -0.15) is 0 Å². The van der Waals surface area contributed by atoms with Crippen molar-refractivity contribution in [3.8, 4) is 0 Å². The van der Waals surface area contributed by atoms with Crippen LogP contribution in [0.3, 0.4) is 0 Å². The molecule has 0 spiro atoms. The molecular weight excluding hydrogens is 254 g/mol. The van der Waals surface area contributed by atoms with E-state index in [1.807, 2.05) is 0 Å². The summed E-state index contributed by atoms with van der Waals surface area (Å²) in [5.41, 5.74) is 0.293. The standard InChI is InChI=1S/C8H8BrNO2S/c1-10-13-7-4-5(8(11)12)2-3-6(7)9/h2-4,10H,1H3,(H,11,12). The van der Waals surface area contributed by atoms with Crippen molar-refractivity contribution in [3.63, 3.8) is 0 Å². The van der Waals surface area contributed by atoms with Gasteiger partial charge in [0.1, 0.15) is 0 Å². The highest BCUT2D eigenvalue weighted by molar-refractivity contribution is 9.10. The maximum Gasteiger partial charge on any atom is 0.335 e. The largest absolute Gasteiger partial charge is 0.478 e. The molecule has 2 N–H and O–H groups in total. The van der Waals surface area contributed by atoms with Crippen molar-refractivity contribution in [2.75, 3.05) is 7.05 Å². The Morgan fingerprint density at radius 3 is 2.85 bits per heavy atom. The molecule has 0 saturated heterocycles. The van der Waals surface area contributed by atoms with E-state index in [0.717, 1.165) is 9.37 Å². The van der Waals surface area contributed by atoms with Crippen LogP contribution in [0.5, 0.6) is 0 Å². The average molecular weight is 262 g/mol. The zero-order valence-electron chi connectivity index (χ0n) is 6.87. The van der Waals surface area contributed by atoms with Crippen molar-refractivity contribution in [2.24, 2.45) is 0 Å². The summed E-state index contributed by atoms with van der Waals surface area (Å²) in [6.07, 6.45) is 0. The van der Waals surface area contributed by atoms with Gasteiger partial charge < -0.3 is 5.11 Å². The van der Waals surface area contributed by atoms with Crippen molar-refractivity contribution in [1.29, 1.82) is 0 Å². The monoisotopic (exact) mass is 261 g/mol. The van der Waals surface area contributed by atoms with Gasteiger partial charge in [0.2, 0.25) is 0 Å². The zero-order valence-corrected chi connectivity index (χ0v) is 9.28. The Bertz CT molecular complexity index is 330. The van der Waals surface area contributed by atoms with Crippen LogP contribution in [0.4, 0.5) is 0 Å². The van der Waals surface area contributed by atoms with Gasteiger partial charge in [0.05, 0.1) is 5.56 Å². The lowest BCUT2D eigenvalue weighted by molar-refractivity contribution is 0.0696. The first-order valence-electron chi connectivity index (χ1n) is 3.51. The Hall–Kier alpha value is -0.520. The Labute approximate surface area is 88.8 Å². The molecule has 0 unspecified atom stereocenters. The summed E-state index contributed by atoms with van der Waals surface area (Å²) in [6, 6.07) is 4.91. The number of aromatic carboxylic acids is 1. The Morgan fingerprint density at radius 2 is 2.31 bits per heavy atom. The van der Waals surface area contributed by atoms with Crippen LogP contribution in [0.15, 0.2) is 27.6 Å². The van der Waals surface area contributed by atoms with Crippen LogP contribution in [0.25, 0.3) is 0 Å². The van der Waals surface area contributed by atoms with Gasteiger partial charge >= 0.3 is 5.97 Å². The van der Waals surface area contributed by atoms with E-state index in [1.165, 1.54) is 11.9 Å². The SMILES string of the molecule is CNSc1cc(C(=O)O)ccc1Br. The Morgan fingerprint density at radius 1 is 1.62 bits per heavy atom. The van der Waals surface area contributed by atoms with Crippen LogP contribution < -0.4 is 4.72 Å². The van der Waals surface area contributed by atoms with Gasteiger partial charge in [-0.3, -0.25) is 4.72 Å². The molecule has 5 heteroatoms. The van der Waals surface area contributed by atoms with Crippen molar-refractivity contribution < 1.29 is 9.90 Å². The van der Waals surface area contributed by atoms with Crippen molar-refractivity contribution >= 4 is 33.8 Å². The Balaban J connectivity index is 3.03. The molecule has 0 heterocycles. The summed E-state index contributed by atoms with van der Waals surface area (Å²) in [7, 11) is 1.78. The molecule has 0 atom stereocenters. The second kappa shape index (κ2) is 4.64. The number of benzene rings is 1. The third-order valence-corrected chi connectivity index (χ3v) is 3.11. The van der Waals surface area contributed by atoms with E-state index in [-0.39, 0.29) is 0 Å². The molecule has 0 aliphatic carbocycles. The normalized spacial score (nSPS) is 10.0. The van der Waals surface area contributed by atoms with E-state index >= 15 is 0 Å². The number of carbonyl (C=O) groups is 1. The van der Waals surface area contributed by atoms with E-state index in [2.05, 4.69) is 20.7 Å². The molecule has 0 saturated carbocycles. The van der Waals surface area contributed by atoms with E-state index < -0.39 is 5.97 Å². The molecule has 13 heavy (non-hydrogen) atoms. The lowest BCUT2D eigenvalue weighted by Gasteiger charge is -2.03. The molecule has 1 rings (SSSR count). The minimum absolute atomic E-state index is 0.293. The fraction of sp³-hybridized carbons (Fsp3) is 0.125. The third-order valence-electron chi connectivity index (χ3n) is 1.39. The van der Waals surface area contributed by atoms with Crippen LogP contribution in [0, 0.1) is 0 Å². The van der Waals surface area contributed by atoms with Gasteiger partial charge in [0.25, 0.3) is 0 Å².